The summed E-state index contributed by atoms with van der Waals surface area (Å²) in [5, 5.41) is 27.4. The van der Waals surface area contributed by atoms with Crippen molar-refractivity contribution >= 4 is 69.0 Å². The summed E-state index contributed by atoms with van der Waals surface area (Å²) in [5.41, 5.74) is 5.43. The first kappa shape index (κ1) is 37.0. The molecule has 49 heavy (non-hydrogen) atoms. The first-order valence-corrected chi connectivity index (χ1v) is 19.1. The van der Waals surface area contributed by atoms with E-state index in [1.165, 1.54) is 70.7 Å². The molecule has 0 spiro atoms. The maximum atomic E-state index is 12.7. The molecule has 16 nitrogen and oxygen atoms in total. The molecule has 0 saturated carbocycles. The number of ether oxygens (including phenoxy) is 3. The molecule has 0 saturated heterocycles. The Hall–Kier alpha value is -4.85. The minimum absolute atomic E-state index is 0.00129. The number of hydrogen-bond donors (Lipinski definition) is 3. The molecule has 4 aromatic carbocycles. The van der Waals surface area contributed by atoms with Gasteiger partial charge in [0.2, 0.25) is 0 Å². The van der Waals surface area contributed by atoms with Gasteiger partial charge in [-0.2, -0.15) is 8.42 Å². The average molecular weight is 736 g/mol. The third-order valence-corrected chi connectivity index (χ3v) is 11.7. The van der Waals surface area contributed by atoms with Crippen LogP contribution in [0.5, 0.6) is 23.0 Å². The molecule has 262 valence electrons. The molecule has 0 amide bonds. The Morgan fingerprint density at radius 3 is 1.90 bits per heavy atom. The van der Waals surface area contributed by atoms with Gasteiger partial charge in [-0.15, -0.1) is 20.5 Å². The number of benzene rings is 4. The molecule has 0 atom stereocenters. The van der Waals surface area contributed by atoms with Gasteiger partial charge in [-0.05, 0) is 42.1 Å². The molecule has 0 aromatic heterocycles. The standard InChI is InChI=1S/C30H33N5O11S3/c1-6-12-48(39,40)18-9-11-22(44-3)20(14-18)34-35-29-26(49(41,42)43)13-17-8-10-19(28(31)27(17)30(29)36)32-33-21-15-24(46-5)25(16-23(21)45-4)47(37,38)7-2/h8-11,13-16,36H,6-7,12,31H2,1-5H3,(H,41,42,43). The van der Waals surface area contributed by atoms with Crippen LogP contribution in [0.4, 0.5) is 28.4 Å². The van der Waals surface area contributed by atoms with Crippen molar-refractivity contribution in [2.45, 2.75) is 35.0 Å². The van der Waals surface area contributed by atoms with Gasteiger partial charge < -0.3 is 25.1 Å². The highest BCUT2D eigenvalue weighted by molar-refractivity contribution is 7.91. The Morgan fingerprint density at radius 2 is 1.31 bits per heavy atom. The Morgan fingerprint density at radius 1 is 0.694 bits per heavy atom. The second-order valence-electron chi connectivity index (χ2n) is 10.3. The molecule has 0 radical (unpaired) electrons. The summed E-state index contributed by atoms with van der Waals surface area (Å²) in [6.07, 6.45) is 0.355. The lowest BCUT2D eigenvalue weighted by Gasteiger charge is -2.13. The Labute approximate surface area is 282 Å². The zero-order chi connectivity index (χ0) is 36.3. The fourth-order valence-corrected chi connectivity index (χ4v) is 7.75. The normalized spacial score (nSPS) is 12.6. The van der Waals surface area contributed by atoms with Crippen molar-refractivity contribution in [1.82, 2.24) is 0 Å². The van der Waals surface area contributed by atoms with Crippen molar-refractivity contribution in [2.75, 3.05) is 38.6 Å². The summed E-state index contributed by atoms with van der Waals surface area (Å²) >= 11 is 0. The van der Waals surface area contributed by atoms with Crippen molar-refractivity contribution in [2.24, 2.45) is 20.5 Å². The number of hydrogen-bond acceptors (Lipinski definition) is 15. The van der Waals surface area contributed by atoms with E-state index in [0.717, 1.165) is 6.07 Å². The monoisotopic (exact) mass is 735 g/mol. The molecule has 0 fully saturated rings. The number of phenolic OH excluding ortho intramolecular Hbond substituents is 1. The number of azo groups is 2. The topological polar surface area (TPSA) is 246 Å². The maximum Gasteiger partial charge on any atom is 0.296 e. The lowest BCUT2D eigenvalue weighted by molar-refractivity contribution is 0.393. The molecule has 4 aromatic rings. The number of anilines is 1. The van der Waals surface area contributed by atoms with Gasteiger partial charge >= 0.3 is 0 Å². The molecule has 19 heteroatoms. The fourth-order valence-electron chi connectivity index (χ4n) is 4.70. The first-order chi connectivity index (χ1) is 23.0. The Balaban J connectivity index is 1.89. The molecule has 0 aliphatic rings. The number of nitrogens with zero attached hydrogens (tertiary/aromatic N) is 4. The molecule has 4 rings (SSSR count). The van der Waals surface area contributed by atoms with Gasteiger partial charge in [-0.1, -0.05) is 19.9 Å². The van der Waals surface area contributed by atoms with Crippen LogP contribution in [0.25, 0.3) is 10.8 Å². The predicted molar refractivity (Wildman–Crippen MR) is 181 cm³/mol. The van der Waals surface area contributed by atoms with Gasteiger partial charge in [0.05, 0.1) is 48.8 Å². The van der Waals surface area contributed by atoms with Crippen molar-refractivity contribution < 1.29 is 49.1 Å². The third-order valence-electron chi connectivity index (χ3n) is 7.20. The quantitative estimate of drug-likeness (QED) is 0.0788. The van der Waals surface area contributed by atoms with Crippen LogP contribution in [0.15, 0.2) is 83.7 Å². The van der Waals surface area contributed by atoms with E-state index in [1.807, 2.05) is 0 Å². The van der Waals surface area contributed by atoms with Crippen LogP contribution in [0.2, 0.25) is 0 Å². The largest absolute Gasteiger partial charge is 0.505 e. The SMILES string of the molecule is CCCS(=O)(=O)c1ccc(OC)c(N=Nc2c(S(=O)(=O)O)cc3ccc(N=Nc4cc(OC)c(S(=O)(=O)CC)cc4OC)c(N)c3c2O)c1. The van der Waals surface area contributed by atoms with Crippen LogP contribution in [0.3, 0.4) is 0 Å². The Kier molecular flexibility index (Phi) is 10.8. The second-order valence-corrected chi connectivity index (χ2v) is 16.0. The highest BCUT2D eigenvalue weighted by Crippen LogP contribution is 2.47. The molecular weight excluding hydrogens is 703 g/mol. The minimum atomic E-state index is -5.00. The number of rotatable bonds is 13. The molecule has 0 unspecified atom stereocenters. The van der Waals surface area contributed by atoms with Crippen molar-refractivity contribution in [3.05, 3.63) is 48.5 Å². The number of methoxy groups -OCH3 is 3. The zero-order valence-electron chi connectivity index (χ0n) is 26.9. The fraction of sp³-hybridized carbons (Fsp3) is 0.267. The van der Waals surface area contributed by atoms with Gasteiger partial charge in [0, 0.05) is 12.1 Å². The van der Waals surface area contributed by atoms with Crippen molar-refractivity contribution in [3.8, 4) is 23.0 Å². The zero-order valence-corrected chi connectivity index (χ0v) is 29.3. The maximum absolute atomic E-state index is 12.7. The Bertz CT molecular complexity index is 2330. The molecule has 0 aliphatic heterocycles. The predicted octanol–water partition coefficient (Wildman–Crippen LogP) is 6.21. The lowest BCUT2D eigenvalue weighted by Crippen LogP contribution is -2.06. The van der Waals surface area contributed by atoms with Gasteiger partial charge in [-0.3, -0.25) is 4.55 Å². The van der Waals surface area contributed by atoms with Gasteiger partial charge in [0.15, 0.2) is 25.4 Å². The van der Waals surface area contributed by atoms with E-state index in [9.17, 15) is 34.9 Å². The van der Waals surface area contributed by atoms with E-state index < -0.39 is 46.1 Å². The van der Waals surface area contributed by atoms with Crippen molar-refractivity contribution in [3.63, 3.8) is 0 Å². The van der Waals surface area contributed by atoms with Crippen LogP contribution in [0.1, 0.15) is 20.3 Å². The van der Waals surface area contributed by atoms with Gasteiger partial charge in [0.25, 0.3) is 10.1 Å². The van der Waals surface area contributed by atoms with E-state index in [2.05, 4.69) is 20.5 Å². The summed E-state index contributed by atoms with van der Waals surface area (Å²) in [5.74, 6) is -0.987. The number of aromatic hydroxyl groups is 1. The lowest BCUT2D eigenvalue weighted by atomic mass is 10.1. The molecule has 0 heterocycles. The molecule has 0 bridgehead atoms. The smallest absolute Gasteiger partial charge is 0.296 e. The van der Waals surface area contributed by atoms with Gasteiger partial charge in [0.1, 0.15) is 49.8 Å². The minimum Gasteiger partial charge on any atom is -0.505 e. The van der Waals surface area contributed by atoms with Crippen LogP contribution >= 0.6 is 0 Å². The summed E-state index contributed by atoms with van der Waals surface area (Å²) in [6.45, 7) is 3.18. The molecular formula is C30H33N5O11S3. The van der Waals surface area contributed by atoms with Gasteiger partial charge in [-0.25, -0.2) is 16.8 Å². The summed E-state index contributed by atoms with van der Waals surface area (Å²) in [4.78, 5) is -1.01. The van der Waals surface area contributed by atoms with E-state index in [-0.39, 0.29) is 72.1 Å². The van der Waals surface area contributed by atoms with Crippen molar-refractivity contribution in [1.29, 1.82) is 0 Å². The van der Waals surface area contributed by atoms with E-state index >= 15 is 0 Å². The van der Waals surface area contributed by atoms with Crippen LogP contribution in [0, 0.1) is 0 Å². The number of nitrogen functional groups attached to an aromatic ring is 1. The van der Waals surface area contributed by atoms with E-state index in [4.69, 9.17) is 19.9 Å². The van der Waals surface area contributed by atoms with E-state index in [1.54, 1.807) is 6.92 Å². The second kappa shape index (κ2) is 14.3. The number of nitrogens with two attached hydrogens (primary N) is 1. The number of fused-ring (bicyclic) bond motifs is 1. The third kappa shape index (κ3) is 7.58. The number of sulfone groups is 2. The van der Waals surface area contributed by atoms with E-state index in [0.29, 0.717) is 6.42 Å². The summed E-state index contributed by atoms with van der Waals surface area (Å²) < 4.78 is 101. The highest BCUT2D eigenvalue weighted by Gasteiger charge is 2.25. The first-order valence-electron chi connectivity index (χ1n) is 14.3. The molecule has 0 aliphatic carbocycles. The van der Waals surface area contributed by atoms with Crippen LogP contribution in [-0.2, 0) is 29.8 Å². The van der Waals surface area contributed by atoms with Crippen LogP contribution in [-0.4, -0.2) is 67.7 Å². The molecule has 4 N–H and O–H groups in total. The highest BCUT2D eigenvalue weighted by atomic mass is 32.2. The summed E-state index contributed by atoms with van der Waals surface area (Å²) in [7, 11) is -8.47. The summed E-state index contributed by atoms with van der Waals surface area (Å²) in [6, 6.07) is 10.1. The average Bonchev–Trinajstić information content (AvgIpc) is 3.06. The number of phenols is 1. The van der Waals surface area contributed by atoms with Crippen LogP contribution < -0.4 is 19.9 Å².